The largest absolute Gasteiger partial charge is 0.379 e. The summed E-state index contributed by atoms with van der Waals surface area (Å²) >= 11 is 0. The van der Waals surface area contributed by atoms with Crippen molar-refractivity contribution in [3.63, 3.8) is 0 Å². The highest BCUT2D eigenvalue weighted by molar-refractivity contribution is 4.80. The molecule has 3 heteroatoms. The third-order valence-electron chi connectivity index (χ3n) is 2.00. The molecule has 2 aliphatic rings. The van der Waals surface area contributed by atoms with Crippen LogP contribution in [-0.2, 0) is 14.2 Å². The van der Waals surface area contributed by atoms with E-state index in [1.54, 1.807) is 0 Å². The number of hydrogen-bond acceptors (Lipinski definition) is 3. The molecule has 2 rings (SSSR count). The molecule has 0 spiro atoms. The first-order valence-electron chi connectivity index (χ1n) is 3.78. The smallest absolute Gasteiger partial charge is 0.107 e. The summed E-state index contributed by atoms with van der Waals surface area (Å²) in [6.45, 7) is 3.07. The fourth-order valence-electron chi connectivity index (χ4n) is 1.30. The van der Waals surface area contributed by atoms with Crippen molar-refractivity contribution in [2.75, 3.05) is 26.4 Å². The van der Waals surface area contributed by atoms with E-state index in [4.69, 9.17) is 14.2 Å². The Balaban J connectivity index is 1.83. The molecule has 0 aromatic rings. The predicted octanol–water partition coefficient (Wildman–Crippen LogP) is 0.191. The number of hydrogen-bond donors (Lipinski definition) is 0. The highest BCUT2D eigenvalue weighted by Crippen LogP contribution is 2.20. The monoisotopic (exact) mass is 144 g/mol. The Kier molecular flexibility index (Phi) is 1.88. The van der Waals surface area contributed by atoms with E-state index < -0.39 is 0 Å². The van der Waals surface area contributed by atoms with E-state index >= 15 is 0 Å². The van der Waals surface area contributed by atoms with Gasteiger partial charge in [0.25, 0.3) is 0 Å². The third-order valence-corrected chi connectivity index (χ3v) is 2.00. The normalized spacial score (nSPS) is 40.8. The standard InChI is InChI=1S/C7H12O3/c1-2-8-3-4-9-7-5-10-6(1)7/h6-7H,1-5H2. The molecule has 0 aromatic heterocycles. The first kappa shape index (κ1) is 6.58. The van der Waals surface area contributed by atoms with Crippen LogP contribution in [0.3, 0.4) is 0 Å². The highest BCUT2D eigenvalue weighted by Gasteiger charge is 2.33. The van der Waals surface area contributed by atoms with Crippen LogP contribution >= 0.6 is 0 Å². The Morgan fingerprint density at radius 1 is 0.900 bits per heavy atom. The van der Waals surface area contributed by atoms with E-state index in [1.165, 1.54) is 0 Å². The Hall–Kier alpha value is -0.120. The third kappa shape index (κ3) is 1.17. The number of fused-ring (bicyclic) bond motifs is 1. The van der Waals surface area contributed by atoms with E-state index in [0.717, 1.165) is 32.8 Å². The summed E-state index contributed by atoms with van der Waals surface area (Å²) in [5, 5.41) is 0. The zero-order valence-corrected chi connectivity index (χ0v) is 5.91. The van der Waals surface area contributed by atoms with Crippen molar-refractivity contribution in [2.45, 2.75) is 18.6 Å². The van der Waals surface area contributed by atoms with Crippen molar-refractivity contribution in [2.24, 2.45) is 0 Å². The van der Waals surface area contributed by atoms with E-state index in [0.29, 0.717) is 12.2 Å². The first-order chi connectivity index (χ1) is 4.97. The van der Waals surface area contributed by atoms with Crippen LogP contribution in [0.2, 0.25) is 0 Å². The van der Waals surface area contributed by atoms with Gasteiger partial charge >= 0.3 is 0 Å². The van der Waals surface area contributed by atoms with Gasteiger partial charge in [-0.2, -0.15) is 0 Å². The van der Waals surface area contributed by atoms with Gasteiger partial charge in [0.05, 0.1) is 25.9 Å². The van der Waals surface area contributed by atoms with Crippen molar-refractivity contribution in [1.29, 1.82) is 0 Å². The zero-order chi connectivity index (χ0) is 6.81. The van der Waals surface area contributed by atoms with E-state index in [9.17, 15) is 0 Å². The van der Waals surface area contributed by atoms with Crippen LogP contribution in [0.4, 0.5) is 0 Å². The molecule has 0 bridgehead atoms. The summed E-state index contributed by atoms with van der Waals surface area (Å²) in [6, 6.07) is 0. The minimum Gasteiger partial charge on any atom is -0.379 e. The summed E-state index contributed by atoms with van der Waals surface area (Å²) in [5.74, 6) is 0. The van der Waals surface area contributed by atoms with Crippen molar-refractivity contribution in [3.8, 4) is 0 Å². The minimum atomic E-state index is 0.320. The van der Waals surface area contributed by atoms with Crippen LogP contribution < -0.4 is 0 Å². The maximum absolute atomic E-state index is 5.43. The lowest BCUT2D eigenvalue weighted by atomic mass is 10.1. The molecule has 2 aliphatic heterocycles. The topological polar surface area (TPSA) is 27.7 Å². The number of rotatable bonds is 0. The predicted molar refractivity (Wildman–Crippen MR) is 34.9 cm³/mol. The molecular weight excluding hydrogens is 132 g/mol. The molecule has 0 saturated carbocycles. The molecule has 3 nitrogen and oxygen atoms in total. The van der Waals surface area contributed by atoms with Crippen LogP contribution in [0.25, 0.3) is 0 Å². The Morgan fingerprint density at radius 2 is 1.90 bits per heavy atom. The van der Waals surface area contributed by atoms with Crippen LogP contribution in [0.1, 0.15) is 6.42 Å². The van der Waals surface area contributed by atoms with E-state index in [1.807, 2.05) is 0 Å². The summed E-state index contributed by atoms with van der Waals surface area (Å²) < 4.78 is 15.9. The molecule has 2 atom stereocenters. The quantitative estimate of drug-likeness (QED) is 0.485. The lowest BCUT2D eigenvalue weighted by Gasteiger charge is -2.37. The summed E-state index contributed by atoms with van der Waals surface area (Å²) in [6.07, 6.45) is 1.68. The van der Waals surface area contributed by atoms with Crippen molar-refractivity contribution in [3.05, 3.63) is 0 Å². The van der Waals surface area contributed by atoms with E-state index in [2.05, 4.69) is 0 Å². The van der Waals surface area contributed by atoms with Crippen LogP contribution in [0.15, 0.2) is 0 Å². The van der Waals surface area contributed by atoms with Crippen LogP contribution in [0, 0.1) is 0 Å². The summed E-state index contributed by atoms with van der Waals surface area (Å²) in [4.78, 5) is 0. The van der Waals surface area contributed by atoms with Crippen LogP contribution in [-0.4, -0.2) is 38.6 Å². The second kappa shape index (κ2) is 2.86. The molecule has 10 heavy (non-hydrogen) atoms. The second-order valence-electron chi connectivity index (χ2n) is 2.68. The first-order valence-corrected chi connectivity index (χ1v) is 3.78. The molecule has 0 radical (unpaired) electrons. The average Bonchev–Trinajstić information content (AvgIpc) is 1.89. The molecule has 2 heterocycles. The fraction of sp³-hybridized carbons (Fsp3) is 1.00. The fourth-order valence-corrected chi connectivity index (χ4v) is 1.30. The van der Waals surface area contributed by atoms with Gasteiger partial charge in [-0.1, -0.05) is 0 Å². The second-order valence-corrected chi connectivity index (χ2v) is 2.68. The van der Waals surface area contributed by atoms with Crippen LogP contribution in [0.5, 0.6) is 0 Å². The highest BCUT2D eigenvalue weighted by atomic mass is 16.6. The van der Waals surface area contributed by atoms with Gasteiger partial charge < -0.3 is 14.2 Å². The van der Waals surface area contributed by atoms with Crippen molar-refractivity contribution < 1.29 is 14.2 Å². The average molecular weight is 144 g/mol. The van der Waals surface area contributed by atoms with Gasteiger partial charge in [-0.25, -0.2) is 0 Å². The lowest BCUT2D eigenvalue weighted by molar-refractivity contribution is -0.208. The molecule has 2 saturated heterocycles. The van der Waals surface area contributed by atoms with Gasteiger partial charge in [0.1, 0.15) is 6.10 Å². The minimum absolute atomic E-state index is 0.320. The molecule has 2 fully saturated rings. The molecule has 0 amide bonds. The molecule has 0 aliphatic carbocycles. The summed E-state index contributed by atoms with van der Waals surface area (Å²) in [7, 11) is 0. The Bertz CT molecular complexity index is 101. The zero-order valence-electron chi connectivity index (χ0n) is 5.91. The number of ether oxygens (including phenoxy) is 3. The molecule has 0 N–H and O–H groups in total. The van der Waals surface area contributed by atoms with Gasteiger partial charge in [0.15, 0.2) is 0 Å². The van der Waals surface area contributed by atoms with Gasteiger partial charge in [0, 0.05) is 6.61 Å². The van der Waals surface area contributed by atoms with Crippen molar-refractivity contribution >= 4 is 0 Å². The van der Waals surface area contributed by atoms with E-state index in [-0.39, 0.29) is 0 Å². The Morgan fingerprint density at radius 3 is 2.70 bits per heavy atom. The van der Waals surface area contributed by atoms with Gasteiger partial charge in [-0.15, -0.1) is 0 Å². The van der Waals surface area contributed by atoms with Crippen molar-refractivity contribution in [1.82, 2.24) is 0 Å². The molecular formula is C7H12O3. The van der Waals surface area contributed by atoms with Gasteiger partial charge in [-0.05, 0) is 6.42 Å². The van der Waals surface area contributed by atoms with Gasteiger partial charge in [-0.3, -0.25) is 0 Å². The SMILES string of the molecule is C1COC2COC2CCO1. The molecule has 0 aromatic carbocycles. The van der Waals surface area contributed by atoms with Gasteiger partial charge in [0.2, 0.25) is 0 Å². The lowest BCUT2D eigenvalue weighted by Crippen LogP contribution is -2.48. The molecule has 2 unspecified atom stereocenters. The maximum atomic E-state index is 5.43. The maximum Gasteiger partial charge on any atom is 0.107 e. The summed E-state index contributed by atoms with van der Waals surface area (Å²) in [5.41, 5.74) is 0. The molecule has 58 valence electrons. The Labute approximate surface area is 60.3 Å².